The zero-order chi connectivity index (χ0) is 12.4. The molecule has 1 unspecified atom stereocenters. The summed E-state index contributed by atoms with van der Waals surface area (Å²) in [6.45, 7) is 0. The molecule has 0 aliphatic rings. The van der Waals surface area contributed by atoms with Crippen LogP contribution in [0.3, 0.4) is 0 Å². The van der Waals surface area contributed by atoms with Gasteiger partial charge in [-0.2, -0.15) is 15.1 Å². The lowest BCUT2D eigenvalue weighted by Gasteiger charge is -2.02. The SMILES string of the molecule is C[S+]([O-])c1nccc(-c2cc(C(=O)O)n[nH]2)n1. The van der Waals surface area contributed by atoms with Crippen molar-refractivity contribution in [1.29, 1.82) is 0 Å². The Labute approximate surface area is 99.1 Å². The third-order valence-electron chi connectivity index (χ3n) is 1.96. The third-order valence-corrected chi connectivity index (χ3v) is 2.67. The standard InChI is InChI=1S/C9H8N4O3S/c1-17(16)9-10-3-2-5(11-9)6-4-7(8(14)15)13-12-6/h2-4H,1H3,(H,12,13)(H,14,15). The second-order valence-electron chi connectivity index (χ2n) is 3.15. The smallest absolute Gasteiger partial charge is 0.356 e. The first-order chi connectivity index (χ1) is 8.08. The Kier molecular flexibility index (Phi) is 3.07. The number of aromatic amines is 1. The molecule has 7 nitrogen and oxygen atoms in total. The molecular formula is C9H8N4O3S. The van der Waals surface area contributed by atoms with Crippen LogP contribution in [0.4, 0.5) is 0 Å². The van der Waals surface area contributed by atoms with Gasteiger partial charge in [-0.1, -0.05) is 0 Å². The lowest BCUT2D eigenvalue weighted by Crippen LogP contribution is -2.04. The normalized spacial score (nSPS) is 12.4. The van der Waals surface area contributed by atoms with Gasteiger partial charge in [-0.3, -0.25) is 5.10 Å². The summed E-state index contributed by atoms with van der Waals surface area (Å²) in [6.07, 6.45) is 2.93. The summed E-state index contributed by atoms with van der Waals surface area (Å²) >= 11 is -1.29. The van der Waals surface area contributed by atoms with Crippen LogP contribution in [-0.4, -0.2) is 42.0 Å². The summed E-state index contributed by atoms with van der Waals surface area (Å²) in [5, 5.41) is 15.1. The quantitative estimate of drug-likeness (QED) is 0.599. The highest BCUT2D eigenvalue weighted by atomic mass is 32.2. The molecule has 2 aromatic heterocycles. The molecule has 0 saturated heterocycles. The third kappa shape index (κ3) is 2.43. The number of carboxylic acids is 1. The molecule has 0 aromatic carbocycles. The molecule has 0 spiro atoms. The summed E-state index contributed by atoms with van der Waals surface area (Å²) in [4.78, 5) is 18.5. The molecule has 2 aromatic rings. The van der Waals surface area contributed by atoms with Gasteiger partial charge in [0.05, 0.1) is 11.4 Å². The van der Waals surface area contributed by atoms with E-state index < -0.39 is 17.1 Å². The second kappa shape index (κ2) is 4.52. The highest BCUT2D eigenvalue weighted by Crippen LogP contribution is 2.15. The Balaban J connectivity index is 2.38. The molecule has 0 aliphatic heterocycles. The molecular weight excluding hydrogens is 244 g/mol. The van der Waals surface area contributed by atoms with Gasteiger partial charge >= 0.3 is 11.1 Å². The summed E-state index contributed by atoms with van der Waals surface area (Å²) in [5.41, 5.74) is 0.791. The number of aromatic nitrogens is 4. The van der Waals surface area contributed by atoms with Crippen LogP contribution in [-0.2, 0) is 11.2 Å². The average Bonchev–Trinajstić information content (AvgIpc) is 2.78. The van der Waals surface area contributed by atoms with E-state index in [0.29, 0.717) is 11.4 Å². The number of rotatable bonds is 3. The van der Waals surface area contributed by atoms with Crippen molar-refractivity contribution >= 4 is 17.1 Å². The topological polar surface area (TPSA) is 115 Å². The molecule has 0 fully saturated rings. The number of nitrogens with zero attached hydrogens (tertiary/aromatic N) is 3. The maximum atomic E-state index is 11.2. The van der Waals surface area contributed by atoms with E-state index >= 15 is 0 Å². The molecule has 0 saturated carbocycles. The van der Waals surface area contributed by atoms with Crippen LogP contribution >= 0.6 is 0 Å². The van der Waals surface area contributed by atoms with Crippen LogP contribution in [0.15, 0.2) is 23.5 Å². The lowest BCUT2D eigenvalue weighted by atomic mass is 10.3. The highest BCUT2D eigenvalue weighted by Gasteiger charge is 2.13. The number of hydrogen-bond donors (Lipinski definition) is 2. The van der Waals surface area contributed by atoms with Gasteiger partial charge in [0.15, 0.2) is 5.69 Å². The number of carboxylic acid groups (broad SMARTS) is 1. The number of carbonyl (C=O) groups is 1. The molecule has 17 heavy (non-hydrogen) atoms. The maximum absolute atomic E-state index is 11.2. The predicted octanol–water partition coefficient (Wildman–Crippen LogP) is 0.302. The average molecular weight is 252 g/mol. The minimum Gasteiger partial charge on any atom is -0.609 e. The molecule has 0 amide bonds. The van der Waals surface area contributed by atoms with Crippen molar-refractivity contribution in [2.24, 2.45) is 0 Å². The molecule has 2 heterocycles. The van der Waals surface area contributed by atoms with Crippen LogP contribution in [0.5, 0.6) is 0 Å². The Morgan fingerprint density at radius 3 is 2.94 bits per heavy atom. The van der Waals surface area contributed by atoms with Gasteiger partial charge in [0, 0.05) is 23.4 Å². The Bertz CT molecular complexity index is 555. The van der Waals surface area contributed by atoms with E-state index in [2.05, 4.69) is 20.2 Å². The summed E-state index contributed by atoms with van der Waals surface area (Å²) in [7, 11) is 0. The Morgan fingerprint density at radius 1 is 1.59 bits per heavy atom. The van der Waals surface area contributed by atoms with Crippen LogP contribution in [0, 0.1) is 0 Å². The van der Waals surface area contributed by atoms with Crippen molar-refractivity contribution in [2.45, 2.75) is 5.16 Å². The monoisotopic (exact) mass is 252 g/mol. The number of aromatic carboxylic acids is 1. The van der Waals surface area contributed by atoms with Crippen molar-refractivity contribution in [2.75, 3.05) is 6.26 Å². The minimum atomic E-state index is -1.29. The van der Waals surface area contributed by atoms with E-state index in [-0.39, 0.29) is 10.9 Å². The molecule has 2 N–H and O–H groups in total. The zero-order valence-corrected chi connectivity index (χ0v) is 9.56. The fourth-order valence-electron chi connectivity index (χ4n) is 1.19. The van der Waals surface area contributed by atoms with Crippen molar-refractivity contribution in [1.82, 2.24) is 20.2 Å². The minimum absolute atomic E-state index is 0.0993. The molecule has 0 bridgehead atoms. The summed E-state index contributed by atoms with van der Waals surface area (Å²) < 4.78 is 11.2. The fraction of sp³-hybridized carbons (Fsp3) is 0.111. The van der Waals surface area contributed by atoms with Gasteiger partial charge in [0.2, 0.25) is 0 Å². The van der Waals surface area contributed by atoms with E-state index in [0.717, 1.165) is 0 Å². The van der Waals surface area contributed by atoms with Gasteiger partial charge in [0.25, 0.3) is 0 Å². The van der Waals surface area contributed by atoms with E-state index in [1.807, 2.05) is 0 Å². The van der Waals surface area contributed by atoms with Crippen molar-refractivity contribution < 1.29 is 14.5 Å². The van der Waals surface area contributed by atoms with Gasteiger partial charge < -0.3 is 9.66 Å². The highest BCUT2D eigenvalue weighted by molar-refractivity contribution is 7.90. The molecule has 2 rings (SSSR count). The van der Waals surface area contributed by atoms with Crippen LogP contribution in [0.1, 0.15) is 10.5 Å². The predicted molar refractivity (Wildman–Crippen MR) is 58.9 cm³/mol. The number of H-pyrrole nitrogens is 1. The summed E-state index contributed by atoms with van der Waals surface area (Å²) in [5.74, 6) is -1.12. The van der Waals surface area contributed by atoms with Gasteiger partial charge in [0.1, 0.15) is 6.26 Å². The van der Waals surface area contributed by atoms with Crippen molar-refractivity contribution in [3.63, 3.8) is 0 Å². The van der Waals surface area contributed by atoms with Crippen molar-refractivity contribution in [3.8, 4) is 11.4 Å². The van der Waals surface area contributed by atoms with Gasteiger partial charge in [-0.15, -0.1) is 0 Å². The summed E-state index contributed by atoms with van der Waals surface area (Å²) in [6, 6.07) is 2.93. The van der Waals surface area contributed by atoms with E-state index in [9.17, 15) is 9.35 Å². The number of hydrogen-bond acceptors (Lipinski definition) is 5. The van der Waals surface area contributed by atoms with Crippen molar-refractivity contribution in [3.05, 3.63) is 24.0 Å². The number of nitrogens with one attached hydrogen (secondary N) is 1. The van der Waals surface area contributed by atoms with Crippen LogP contribution in [0.2, 0.25) is 0 Å². The first kappa shape index (κ1) is 11.6. The molecule has 0 aliphatic carbocycles. The zero-order valence-electron chi connectivity index (χ0n) is 8.75. The molecule has 88 valence electrons. The molecule has 0 radical (unpaired) electrons. The first-order valence-electron chi connectivity index (χ1n) is 4.53. The van der Waals surface area contributed by atoms with Gasteiger partial charge in [-0.05, 0) is 6.07 Å². The lowest BCUT2D eigenvalue weighted by molar-refractivity contribution is 0.0690. The Hall–Kier alpha value is -1.93. The van der Waals surface area contributed by atoms with Crippen LogP contribution in [0.25, 0.3) is 11.4 Å². The van der Waals surface area contributed by atoms with Crippen LogP contribution < -0.4 is 0 Å². The van der Waals surface area contributed by atoms with E-state index in [1.165, 1.54) is 18.5 Å². The Morgan fingerprint density at radius 2 is 2.35 bits per heavy atom. The first-order valence-corrected chi connectivity index (χ1v) is 6.09. The van der Waals surface area contributed by atoms with Gasteiger partial charge in [-0.25, -0.2) is 4.79 Å². The maximum Gasteiger partial charge on any atom is 0.356 e. The fourth-order valence-corrected chi connectivity index (χ4v) is 1.63. The largest absolute Gasteiger partial charge is 0.609 e. The van der Waals surface area contributed by atoms with E-state index in [4.69, 9.17) is 5.11 Å². The molecule has 8 heteroatoms. The van der Waals surface area contributed by atoms with E-state index in [1.54, 1.807) is 6.07 Å². The second-order valence-corrected chi connectivity index (χ2v) is 4.42. The molecule has 1 atom stereocenters.